The molecule has 0 radical (unpaired) electrons. The molecule has 0 saturated carbocycles. The van der Waals surface area contributed by atoms with Gasteiger partial charge in [0, 0.05) is 11.4 Å². The molecule has 3 rings (SSSR count). The Hall–Kier alpha value is -3.44. The summed E-state index contributed by atoms with van der Waals surface area (Å²) in [5, 5.41) is 9.14. The van der Waals surface area contributed by atoms with Crippen LogP contribution < -0.4 is 16.0 Å². The molecule has 3 aromatic rings. The number of hydrogen-bond acceptors (Lipinski definition) is 3. The van der Waals surface area contributed by atoms with Crippen molar-refractivity contribution in [2.75, 3.05) is 17.2 Å². The van der Waals surface area contributed by atoms with Gasteiger partial charge in [-0.1, -0.05) is 60.2 Å². The summed E-state index contributed by atoms with van der Waals surface area (Å²) < 4.78 is 0. The summed E-state index contributed by atoms with van der Waals surface area (Å²) >= 11 is 0. The lowest BCUT2D eigenvalue weighted by Crippen LogP contribution is -2.38. The number of benzene rings is 3. The first-order valence-corrected chi connectivity index (χ1v) is 10.8. The SMILES string of the molecule is Cc1cc(C)c(NC(=O)CN[C@H](C(=O)Nc2cc(C)ccc2C)c2ccccc2)c(C)c1. The molecule has 0 spiro atoms. The van der Waals surface area contributed by atoms with Gasteiger partial charge in [-0.05, 0) is 68.5 Å². The van der Waals surface area contributed by atoms with Crippen LogP contribution in [0.15, 0.2) is 60.7 Å². The molecule has 0 fully saturated rings. The Morgan fingerprint density at radius 1 is 0.750 bits per heavy atom. The zero-order chi connectivity index (χ0) is 23.3. The van der Waals surface area contributed by atoms with Crippen molar-refractivity contribution in [3.05, 3.63) is 94.0 Å². The van der Waals surface area contributed by atoms with Gasteiger partial charge in [-0.3, -0.25) is 14.9 Å². The van der Waals surface area contributed by atoms with Gasteiger partial charge < -0.3 is 10.6 Å². The van der Waals surface area contributed by atoms with E-state index >= 15 is 0 Å². The van der Waals surface area contributed by atoms with Crippen LogP contribution in [0.3, 0.4) is 0 Å². The quantitative estimate of drug-likeness (QED) is 0.487. The second-order valence-electron chi connectivity index (χ2n) is 8.35. The Morgan fingerprint density at radius 2 is 1.41 bits per heavy atom. The Morgan fingerprint density at radius 3 is 2.06 bits per heavy atom. The fourth-order valence-corrected chi connectivity index (χ4v) is 3.84. The van der Waals surface area contributed by atoms with E-state index in [-0.39, 0.29) is 18.4 Å². The highest BCUT2D eigenvalue weighted by Crippen LogP contribution is 2.22. The molecule has 1 atom stereocenters. The zero-order valence-electron chi connectivity index (χ0n) is 19.4. The van der Waals surface area contributed by atoms with E-state index in [4.69, 9.17) is 0 Å². The van der Waals surface area contributed by atoms with Crippen molar-refractivity contribution < 1.29 is 9.59 Å². The molecule has 0 aliphatic rings. The molecule has 0 aliphatic heterocycles. The lowest BCUT2D eigenvalue weighted by Gasteiger charge is -2.20. The third-order valence-electron chi connectivity index (χ3n) is 5.45. The Balaban J connectivity index is 1.75. The summed E-state index contributed by atoms with van der Waals surface area (Å²) in [4.78, 5) is 25.9. The number of hydrogen-bond donors (Lipinski definition) is 3. The Kier molecular flexibility index (Phi) is 7.44. The van der Waals surface area contributed by atoms with Crippen LogP contribution in [0.5, 0.6) is 0 Å². The summed E-state index contributed by atoms with van der Waals surface area (Å²) in [6, 6.07) is 18.8. The minimum absolute atomic E-state index is 0.00649. The topological polar surface area (TPSA) is 70.2 Å². The highest BCUT2D eigenvalue weighted by Gasteiger charge is 2.22. The van der Waals surface area contributed by atoms with E-state index in [2.05, 4.69) is 16.0 Å². The second kappa shape index (κ2) is 10.2. The summed E-state index contributed by atoms with van der Waals surface area (Å²) in [6.45, 7) is 9.95. The molecule has 0 unspecified atom stereocenters. The van der Waals surface area contributed by atoms with Gasteiger partial charge in [0.2, 0.25) is 11.8 Å². The van der Waals surface area contributed by atoms with Crippen LogP contribution in [-0.2, 0) is 9.59 Å². The zero-order valence-corrected chi connectivity index (χ0v) is 19.4. The smallest absolute Gasteiger partial charge is 0.246 e. The number of rotatable bonds is 7. The van der Waals surface area contributed by atoms with Crippen molar-refractivity contribution in [3.8, 4) is 0 Å². The molecule has 166 valence electrons. The van der Waals surface area contributed by atoms with Gasteiger partial charge in [-0.2, -0.15) is 0 Å². The number of anilines is 2. The molecular formula is C27H31N3O2. The first kappa shape index (κ1) is 23.2. The summed E-state index contributed by atoms with van der Waals surface area (Å²) in [7, 11) is 0. The maximum Gasteiger partial charge on any atom is 0.246 e. The lowest BCUT2D eigenvalue weighted by atomic mass is 10.0. The van der Waals surface area contributed by atoms with E-state index in [1.165, 1.54) is 0 Å². The van der Waals surface area contributed by atoms with Crippen LogP contribution in [0.25, 0.3) is 0 Å². The minimum Gasteiger partial charge on any atom is -0.324 e. The predicted octanol–water partition coefficient (Wildman–Crippen LogP) is 5.14. The molecule has 3 aromatic carbocycles. The van der Waals surface area contributed by atoms with Crippen LogP contribution in [-0.4, -0.2) is 18.4 Å². The van der Waals surface area contributed by atoms with E-state index in [1.54, 1.807) is 0 Å². The van der Waals surface area contributed by atoms with E-state index in [0.29, 0.717) is 0 Å². The van der Waals surface area contributed by atoms with Gasteiger partial charge in [0.05, 0.1) is 6.54 Å². The number of amides is 2. The molecule has 3 N–H and O–H groups in total. The maximum absolute atomic E-state index is 13.2. The van der Waals surface area contributed by atoms with Crippen molar-refractivity contribution in [1.29, 1.82) is 0 Å². The average Bonchev–Trinajstić information content (AvgIpc) is 2.74. The maximum atomic E-state index is 13.2. The third kappa shape index (κ3) is 5.83. The standard InChI is InChI=1S/C27H31N3O2/c1-17-11-12-19(3)23(15-17)29-27(32)26(22-9-7-6-8-10-22)28-16-24(31)30-25-20(4)13-18(2)14-21(25)5/h6-15,26,28H,16H2,1-5H3,(H,29,32)(H,30,31)/t26-/m0/s1. The molecule has 0 aliphatic carbocycles. The number of nitrogens with one attached hydrogen (secondary N) is 3. The molecular weight excluding hydrogens is 398 g/mol. The molecule has 0 saturated heterocycles. The third-order valence-corrected chi connectivity index (χ3v) is 5.45. The van der Waals surface area contributed by atoms with Crippen molar-refractivity contribution >= 4 is 23.2 Å². The van der Waals surface area contributed by atoms with Crippen LogP contribution in [0, 0.1) is 34.6 Å². The molecule has 0 bridgehead atoms. The number of carbonyl (C=O) groups is 2. The Labute approximate surface area is 190 Å². The predicted molar refractivity (Wildman–Crippen MR) is 131 cm³/mol. The summed E-state index contributed by atoms with van der Waals surface area (Å²) in [5.74, 6) is -0.402. The van der Waals surface area contributed by atoms with Crippen molar-refractivity contribution in [1.82, 2.24) is 5.32 Å². The normalized spacial score (nSPS) is 11.7. The monoisotopic (exact) mass is 429 g/mol. The van der Waals surface area contributed by atoms with E-state index < -0.39 is 6.04 Å². The van der Waals surface area contributed by atoms with Crippen LogP contribution >= 0.6 is 0 Å². The van der Waals surface area contributed by atoms with E-state index in [1.807, 2.05) is 95.3 Å². The molecule has 0 heterocycles. The van der Waals surface area contributed by atoms with Gasteiger partial charge >= 0.3 is 0 Å². The van der Waals surface area contributed by atoms with Crippen molar-refractivity contribution in [3.63, 3.8) is 0 Å². The average molecular weight is 430 g/mol. The first-order chi connectivity index (χ1) is 15.2. The largest absolute Gasteiger partial charge is 0.324 e. The Bertz CT molecular complexity index is 1100. The van der Waals surface area contributed by atoms with Gasteiger partial charge in [-0.25, -0.2) is 0 Å². The van der Waals surface area contributed by atoms with Crippen molar-refractivity contribution in [2.45, 2.75) is 40.7 Å². The van der Waals surface area contributed by atoms with Gasteiger partial charge in [0.15, 0.2) is 0 Å². The molecule has 2 amide bonds. The first-order valence-electron chi connectivity index (χ1n) is 10.8. The molecule has 5 nitrogen and oxygen atoms in total. The van der Waals surface area contributed by atoms with Crippen molar-refractivity contribution in [2.24, 2.45) is 0 Å². The van der Waals surface area contributed by atoms with E-state index in [9.17, 15) is 9.59 Å². The summed E-state index contributed by atoms with van der Waals surface area (Å²) in [5.41, 5.74) is 7.63. The fraction of sp³-hybridized carbons (Fsp3) is 0.259. The second-order valence-corrected chi connectivity index (χ2v) is 8.35. The van der Waals surface area contributed by atoms with E-state index in [0.717, 1.165) is 44.8 Å². The fourth-order valence-electron chi connectivity index (χ4n) is 3.84. The molecule has 32 heavy (non-hydrogen) atoms. The highest BCUT2D eigenvalue weighted by atomic mass is 16.2. The van der Waals surface area contributed by atoms with Gasteiger partial charge in [0.1, 0.15) is 6.04 Å². The molecule has 5 heteroatoms. The minimum atomic E-state index is -0.665. The van der Waals surface area contributed by atoms with Crippen LogP contribution in [0.4, 0.5) is 11.4 Å². The number of aryl methyl sites for hydroxylation is 5. The van der Waals surface area contributed by atoms with Crippen LogP contribution in [0.2, 0.25) is 0 Å². The number of carbonyl (C=O) groups excluding carboxylic acids is 2. The lowest BCUT2D eigenvalue weighted by molar-refractivity contribution is -0.119. The van der Waals surface area contributed by atoms with Gasteiger partial charge in [-0.15, -0.1) is 0 Å². The van der Waals surface area contributed by atoms with Gasteiger partial charge in [0.25, 0.3) is 0 Å². The molecule has 0 aromatic heterocycles. The summed E-state index contributed by atoms with van der Waals surface area (Å²) in [6.07, 6.45) is 0. The highest BCUT2D eigenvalue weighted by molar-refractivity contribution is 5.98. The van der Waals surface area contributed by atoms with Crippen LogP contribution in [0.1, 0.15) is 39.4 Å².